The highest BCUT2D eigenvalue weighted by molar-refractivity contribution is 7.23. The summed E-state index contributed by atoms with van der Waals surface area (Å²) in [6, 6.07) is 15.3. The maximum Gasteiger partial charge on any atom is 0.257 e. The van der Waals surface area contributed by atoms with E-state index < -0.39 is 0 Å². The number of amides is 1. The Balaban J connectivity index is 1.61. The van der Waals surface area contributed by atoms with Crippen molar-refractivity contribution in [3.8, 4) is 10.6 Å². The fraction of sp³-hybridized carbons (Fsp3) is 0.217. The van der Waals surface area contributed by atoms with Crippen LogP contribution in [0, 0.1) is 5.92 Å². The number of thiophene rings is 1. The van der Waals surface area contributed by atoms with Crippen LogP contribution in [0.4, 0.5) is 5.00 Å². The average molecular weight is 439 g/mol. The average Bonchev–Trinajstić information content (AvgIpc) is 3.28. The van der Waals surface area contributed by atoms with E-state index in [4.69, 9.17) is 16.6 Å². The summed E-state index contributed by atoms with van der Waals surface area (Å²) in [5.41, 5.74) is 3.93. The summed E-state index contributed by atoms with van der Waals surface area (Å²) in [5, 5.41) is 5.47. The molecule has 2 heterocycles. The first kappa shape index (κ1) is 18.8. The Hall–Kier alpha value is -2.21. The smallest absolute Gasteiger partial charge is 0.257 e. The molecule has 1 amide bonds. The zero-order valence-electron chi connectivity index (χ0n) is 15.9. The third-order valence-electron chi connectivity index (χ3n) is 5.36. The van der Waals surface area contributed by atoms with Crippen LogP contribution in [0.15, 0.2) is 48.5 Å². The van der Waals surface area contributed by atoms with Crippen molar-refractivity contribution < 1.29 is 4.79 Å². The molecule has 1 aliphatic rings. The van der Waals surface area contributed by atoms with E-state index in [0.717, 1.165) is 38.6 Å². The molecule has 0 bridgehead atoms. The van der Waals surface area contributed by atoms with Crippen molar-refractivity contribution in [2.75, 3.05) is 5.32 Å². The summed E-state index contributed by atoms with van der Waals surface area (Å²) in [4.78, 5) is 19.2. The highest BCUT2D eigenvalue weighted by Crippen LogP contribution is 2.47. The summed E-state index contributed by atoms with van der Waals surface area (Å²) in [5.74, 6) is 0.487. The van der Waals surface area contributed by atoms with Gasteiger partial charge >= 0.3 is 0 Å². The number of benzene rings is 2. The van der Waals surface area contributed by atoms with Crippen molar-refractivity contribution >= 4 is 55.4 Å². The van der Waals surface area contributed by atoms with Crippen molar-refractivity contribution in [1.82, 2.24) is 4.98 Å². The van der Waals surface area contributed by atoms with Crippen LogP contribution in [0.2, 0.25) is 5.02 Å². The molecule has 6 heteroatoms. The first-order valence-electron chi connectivity index (χ1n) is 9.66. The van der Waals surface area contributed by atoms with Crippen LogP contribution in [0.3, 0.4) is 0 Å². The molecule has 0 saturated heterocycles. The zero-order valence-corrected chi connectivity index (χ0v) is 18.3. The van der Waals surface area contributed by atoms with Crippen LogP contribution in [0.5, 0.6) is 0 Å². The fourth-order valence-corrected chi connectivity index (χ4v) is 6.60. The van der Waals surface area contributed by atoms with Crippen LogP contribution in [0.25, 0.3) is 20.8 Å². The molecular formula is C23H19ClN2OS2. The second-order valence-electron chi connectivity index (χ2n) is 7.48. The number of anilines is 1. The van der Waals surface area contributed by atoms with Crippen LogP contribution in [0.1, 0.15) is 34.1 Å². The zero-order chi connectivity index (χ0) is 20.0. The Labute approximate surface area is 182 Å². The minimum absolute atomic E-state index is 0.176. The summed E-state index contributed by atoms with van der Waals surface area (Å²) in [7, 11) is 0. The monoisotopic (exact) mass is 438 g/mol. The molecule has 0 aliphatic heterocycles. The largest absolute Gasteiger partial charge is 0.313 e. The lowest BCUT2D eigenvalue weighted by molar-refractivity contribution is 0.102. The minimum Gasteiger partial charge on any atom is -0.313 e. The number of aromatic nitrogens is 1. The molecule has 5 rings (SSSR count). The second-order valence-corrected chi connectivity index (χ2v) is 10.0. The lowest BCUT2D eigenvalue weighted by Gasteiger charge is -2.18. The maximum absolute atomic E-state index is 13.0. The molecule has 4 aromatic rings. The van der Waals surface area contributed by atoms with E-state index in [1.807, 2.05) is 30.3 Å². The molecule has 1 N–H and O–H groups in total. The van der Waals surface area contributed by atoms with Crippen LogP contribution in [-0.4, -0.2) is 10.9 Å². The lowest BCUT2D eigenvalue weighted by Crippen LogP contribution is -2.12. The molecule has 0 saturated carbocycles. The number of carbonyl (C=O) groups excluding carboxylic acids is 1. The second kappa shape index (κ2) is 7.56. The molecule has 1 unspecified atom stereocenters. The Morgan fingerprint density at radius 1 is 1.14 bits per heavy atom. The van der Waals surface area contributed by atoms with E-state index in [1.54, 1.807) is 34.8 Å². The number of hydrogen-bond donors (Lipinski definition) is 1. The summed E-state index contributed by atoms with van der Waals surface area (Å²) in [6.07, 6.45) is 3.25. The van der Waals surface area contributed by atoms with Gasteiger partial charge < -0.3 is 5.32 Å². The SMILES string of the molecule is CC1CCc2c(sc(NC(=O)c3ccccc3Cl)c2-c2nc3ccccc3s2)C1. The number of nitrogens with zero attached hydrogens (tertiary/aromatic N) is 1. The molecular weight excluding hydrogens is 420 g/mol. The van der Waals surface area contributed by atoms with Crippen molar-refractivity contribution in [3.05, 3.63) is 69.6 Å². The van der Waals surface area contributed by atoms with E-state index >= 15 is 0 Å². The molecule has 3 nitrogen and oxygen atoms in total. The van der Waals surface area contributed by atoms with E-state index in [2.05, 4.69) is 18.3 Å². The Kier molecular flexibility index (Phi) is 4.90. The molecule has 146 valence electrons. The van der Waals surface area contributed by atoms with Gasteiger partial charge in [-0.3, -0.25) is 4.79 Å². The van der Waals surface area contributed by atoms with E-state index in [9.17, 15) is 4.79 Å². The number of carbonyl (C=O) groups is 1. The summed E-state index contributed by atoms with van der Waals surface area (Å²) in [6.45, 7) is 2.29. The van der Waals surface area contributed by atoms with Gasteiger partial charge in [0.2, 0.25) is 0 Å². The number of fused-ring (bicyclic) bond motifs is 2. The predicted octanol–water partition coefficient (Wildman–Crippen LogP) is 7.06. The quantitative estimate of drug-likeness (QED) is 0.372. The summed E-state index contributed by atoms with van der Waals surface area (Å²) < 4.78 is 1.16. The number of halogens is 1. The predicted molar refractivity (Wildman–Crippen MR) is 124 cm³/mol. The van der Waals surface area contributed by atoms with Gasteiger partial charge in [0.25, 0.3) is 5.91 Å². The molecule has 1 aliphatic carbocycles. The minimum atomic E-state index is -0.176. The first-order chi connectivity index (χ1) is 14.1. The molecule has 0 spiro atoms. The third kappa shape index (κ3) is 3.48. The Morgan fingerprint density at radius 2 is 1.93 bits per heavy atom. The van der Waals surface area contributed by atoms with Gasteiger partial charge in [-0.25, -0.2) is 4.98 Å². The topological polar surface area (TPSA) is 42.0 Å². The molecule has 2 aromatic carbocycles. The van der Waals surface area contributed by atoms with Gasteiger partial charge in [0.05, 0.1) is 20.8 Å². The van der Waals surface area contributed by atoms with Gasteiger partial charge in [0, 0.05) is 10.4 Å². The van der Waals surface area contributed by atoms with E-state index in [0.29, 0.717) is 16.5 Å². The molecule has 0 fully saturated rings. The van der Waals surface area contributed by atoms with E-state index in [-0.39, 0.29) is 5.91 Å². The number of para-hydroxylation sites is 1. The van der Waals surface area contributed by atoms with E-state index in [1.165, 1.54) is 16.9 Å². The van der Waals surface area contributed by atoms with Gasteiger partial charge in [-0.05, 0) is 55.0 Å². The van der Waals surface area contributed by atoms with Gasteiger partial charge in [-0.2, -0.15) is 0 Å². The van der Waals surface area contributed by atoms with Gasteiger partial charge in [-0.1, -0.05) is 42.8 Å². The Bertz CT molecular complexity index is 1190. The van der Waals surface area contributed by atoms with Gasteiger partial charge in [0.1, 0.15) is 10.0 Å². The number of nitrogens with one attached hydrogen (secondary N) is 1. The molecule has 0 radical (unpaired) electrons. The van der Waals surface area contributed by atoms with Crippen molar-refractivity contribution in [1.29, 1.82) is 0 Å². The highest BCUT2D eigenvalue weighted by Gasteiger charge is 2.27. The number of rotatable bonds is 3. The van der Waals surface area contributed by atoms with Crippen molar-refractivity contribution in [2.45, 2.75) is 26.2 Å². The normalized spacial score (nSPS) is 16.0. The van der Waals surface area contributed by atoms with Crippen LogP contribution in [-0.2, 0) is 12.8 Å². The fourth-order valence-electron chi connectivity index (χ4n) is 3.86. The number of hydrogen-bond acceptors (Lipinski definition) is 4. The van der Waals surface area contributed by atoms with Gasteiger partial charge in [-0.15, -0.1) is 22.7 Å². The number of thiazole rings is 1. The molecule has 29 heavy (non-hydrogen) atoms. The van der Waals surface area contributed by atoms with Gasteiger partial charge in [0.15, 0.2) is 0 Å². The van der Waals surface area contributed by atoms with Crippen molar-refractivity contribution in [2.24, 2.45) is 5.92 Å². The standard InChI is InChI=1S/C23H19ClN2OS2/c1-13-10-11-15-19(12-13)29-23(26-21(27)14-6-2-3-7-16(14)24)20(15)22-25-17-8-4-5-9-18(17)28-22/h2-9,13H,10-12H2,1H3,(H,26,27). The van der Waals surface area contributed by atoms with Crippen LogP contribution >= 0.6 is 34.3 Å². The summed E-state index contributed by atoms with van der Waals surface area (Å²) >= 11 is 9.63. The lowest BCUT2D eigenvalue weighted by atomic mass is 9.88. The highest BCUT2D eigenvalue weighted by atomic mass is 35.5. The van der Waals surface area contributed by atoms with Crippen molar-refractivity contribution in [3.63, 3.8) is 0 Å². The Morgan fingerprint density at radius 3 is 2.76 bits per heavy atom. The maximum atomic E-state index is 13.0. The van der Waals surface area contributed by atoms with Crippen LogP contribution < -0.4 is 5.32 Å². The molecule has 1 atom stereocenters. The third-order valence-corrected chi connectivity index (χ3v) is 7.92. The first-order valence-corrected chi connectivity index (χ1v) is 11.7. The molecule has 2 aromatic heterocycles.